The number of aromatic nitrogens is 8. The maximum atomic E-state index is 6.29. The van der Waals surface area contributed by atoms with Crippen LogP contribution in [0.25, 0.3) is 90.9 Å². The van der Waals surface area contributed by atoms with Crippen LogP contribution in [0.4, 0.5) is 0 Å². The van der Waals surface area contributed by atoms with Gasteiger partial charge in [-0.05, 0) is 119 Å². The second kappa shape index (κ2) is 25.0. The Morgan fingerprint density at radius 1 is 0.262 bits per heavy atom. The molecule has 0 saturated heterocycles. The molecular weight excluding hydrogens is 1040 g/mol. The molecule has 12 nitrogen and oxygen atoms in total. The van der Waals surface area contributed by atoms with Crippen molar-refractivity contribution in [3.8, 4) is 67.5 Å². The van der Waals surface area contributed by atoms with Crippen molar-refractivity contribution in [3.05, 3.63) is 266 Å². The molecule has 11 aromatic rings. The Bertz CT molecular complexity index is 3720. The van der Waals surface area contributed by atoms with Crippen molar-refractivity contribution in [3.63, 3.8) is 0 Å². The monoisotopic (exact) mass is 1100 g/mol. The van der Waals surface area contributed by atoms with Crippen LogP contribution in [0.5, 0.6) is 23.0 Å². The van der Waals surface area contributed by atoms with Gasteiger partial charge in [-0.1, -0.05) is 72.8 Å². The molecule has 4 aromatic carbocycles. The summed E-state index contributed by atoms with van der Waals surface area (Å²) in [5.41, 5.74) is 14.5. The molecule has 0 aliphatic carbocycles. The molecule has 2 aliphatic rings. The zero-order chi connectivity index (χ0) is 56.3. The summed E-state index contributed by atoms with van der Waals surface area (Å²) >= 11 is 0. The number of hydrogen-bond donors (Lipinski definition) is 2. The highest BCUT2D eigenvalue weighted by molar-refractivity contribution is 6.00. The standard InChI is InChI=1S/C72H62N8O4/c1-5-37-77(38-6-1)45-49-81-57-21-13-53(14-22-57)69-61-29-31-63(73-61)70(54-15-23-58(24-16-54)82-50-46-78-39-7-2-8-40-78)65-33-35-67(75-65)72(56-19-27-60(28-20-56)84-52-48-80-43-11-4-12-44-80)68-36-34-66(76-68)71(64-32-30-62(69)74-64)55-17-25-59(26-18-55)83-51-47-79-41-9-3-10-42-79/h1-44,73,76H,45-52H2/q+4. The fourth-order valence-corrected chi connectivity index (χ4v) is 10.7. The molecule has 0 unspecified atom stereocenters. The Hall–Kier alpha value is -10.7. The fraction of sp³-hybridized carbons (Fsp3) is 0.111. The van der Waals surface area contributed by atoms with E-state index in [9.17, 15) is 0 Å². The minimum absolute atomic E-state index is 0.530. The van der Waals surface area contributed by atoms with Crippen LogP contribution in [0, 0.1) is 0 Å². The van der Waals surface area contributed by atoms with E-state index >= 15 is 0 Å². The molecule has 0 saturated carbocycles. The second-order valence-corrected chi connectivity index (χ2v) is 20.4. The first-order valence-electron chi connectivity index (χ1n) is 28.5. The number of pyridine rings is 4. The molecule has 12 heteroatoms. The van der Waals surface area contributed by atoms with Crippen molar-refractivity contribution in [2.45, 2.75) is 26.2 Å². The van der Waals surface area contributed by atoms with Gasteiger partial charge >= 0.3 is 0 Å². The van der Waals surface area contributed by atoms with Crippen LogP contribution in [0.15, 0.2) is 244 Å². The normalized spacial score (nSPS) is 11.6. The van der Waals surface area contributed by atoms with Gasteiger partial charge in [0.25, 0.3) is 0 Å². The van der Waals surface area contributed by atoms with E-state index in [1.807, 2.05) is 171 Å². The molecule has 7 aromatic heterocycles. The highest BCUT2D eigenvalue weighted by Gasteiger charge is 2.20. The van der Waals surface area contributed by atoms with E-state index in [1.54, 1.807) is 0 Å². The lowest BCUT2D eigenvalue weighted by Gasteiger charge is -2.09. The van der Waals surface area contributed by atoms with Gasteiger partial charge in [0.1, 0.15) is 49.4 Å². The first-order chi connectivity index (χ1) is 41.6. The van der Waals surface area contributed by atoms with Crippen molar-refractivity contribution in [1.82, 2.24) is 19.9 Å². The van der Waals surface area contributed by atoms with Crippen LogP contribution in [0.3, 0.4) is 0 Å². The molecule has 410 valence electrons. The Morgan fingerprint density at radius 2 is 0.476 bits per heavy atom. The molecule has 0 amide bonds. The summed E-state index contributed by atoms with van der Waals surface area (Å²) in [5, 5.41) is 0. The van der Waals surface area contributed by atoms with Crippen molar-refractivity contribution in [2.24, 2.45) is 0 Å². The quantitative estimate of drug-likeness (QED) is 0.0736. The first kappa shape index (κ1) is 52.6. The summed E-state index contributed by atoms with van der Waals surface area (Å²) in [6.07, 6.45) is 24.9. The van der Waals surface area contributed by atoms with E-state index in [0.717, 1.165) is 139 Å². The van der Waals surface area contributed by atoms with Gasteiger partial charge in [0.2, 0.25) is 0 Å². The van der Waals surface area contributed by atoms with Gasteiger partial charge < -0.3 is 28.9 Å². The van der Waals surface area contributed by atoms with Crippen LogP contribution in [-0.4, -0.2) is 46.4 Å². The van der Waals surface area contributed by atoms with Crippen molar-refractivity contribution < 1.29 is 37.2 Å². The smallest absolute Gasteiger partial charge is 0.182 e. The number of fused-ring (bicyclic) bond motifs is 8. The minimum atomic E-state index is 0.530. The molecule has 2 N–H and O–H groups in total. The number of ether oxygens (including phenoxy) is 4. The summed E-state index contributed by atoms with van der Waals surface area (Å²) in [6.45, 7) is 5.04. The fourth-order valence-electron chi connectivity index (χ4n) is 10.7. The van der Waals surface area contributed by atoms with Crippen LogP contribution >= 0.6 is 0 Å². The van der Waals surface area contributed by atoms with Crippen LogP contribution in [0.1, 0.15) is 22.8 Å². The number of aromatic amines is 2. The number of H-pyrrole nitrogens is 2. The third kappa shape index (κ3) is 12.3. The van der Waals surface area contributed by atoms with E-state index in [2.05, 4.69) is 125 Å². The molecule has 13 rings (SSSR count). The molecule has 0 fully saturated rings. The van der Waals surface area contributed by atoms with Gasteiger partial charge in [-0.25, -0.2) is 28.2 Å². The predicted molar refractivity (Wildman–Crippen MR) is 329 cm³/mol. The zero-order valence-corrected chi connectivity index (χ0v) is 46.4. The molecule has 0 radical (unpaired) electrons. The van der Waals surface area contributed by atoms with Crippen LogP contribution in [0.2, 0.25) is 0 Å². The van der Waals surface area contributed by atoms with E-state index in [-0.39, 0.29) is 0 Å². The first-order valence-corrected chi connectivity index (χ1v) is 28.5. The summed E-state index contributed by atoms with van der Waals surface area (Å²) < 4.78 is 33.6. The summed E-state index contributed by atoms with van der Waals surface area (Å²) in [5.74, 6) is 3.15. The molecule has 0 atom stereocenters. The minimum Gasteiger partial charge on any atom is -0.487 e. The maximum absolute atomic E-state index is 6.29. The lowest BCUT2D eigenvalue weighted by Crippen LogP contribution is -2.35. The van der Waals surface area contributed by atoms with Crippen molar-refractivity contribution in [1.29, 1.82) is 0 Å². The third-order valence-electron chi connectivity index (χ3n) is 14.9. The molecule has 8 bridgehead atoms. The van der Waals surface area contributed by atoms with E-state index in [1.165, 1.54) is 0 Å². The summed E-state index contributed by atoms with van der Waals surface area (Å²) in [6, 6.07) is 66.2. The van der Waals surface area contributed by atoms with Crippen LogP contribution in [-0.2, 0) is 26.2 Å². The molecule has 0 spiro atoms. The average Bonchev–Trinajstić information content (AvgIpc) is 4.46. The Kier molecular flexibility index (Phi) is 15.6. The highest BCUT2D eigenvalue weighted by Crippen LogP contribution is 2.39. The number of nitrogens with one attached hydrogen (secondary N) is 2. The molecule has 84 heavy (non-hydrogen) atoms. The number of benzene rings is 4. The summed E-state index contributed by atoms with van der Waals surface area (Å²) in [7, 11) is 0. The predicted octanol–water partition coefficient (Wildman–Crippen LogP) is 12.8. The van der Waals surface area contributed by atoms with Crippen molar-refractivity contribution >= 4 is 46.4 Å². The van der Waals surface area contributed by atoms with Gasteiger partial charge in [0, 0.05) is 92.9 Å². The van der Waals surface area contributed by atoms with E-state index in [0.29, 0.717) is 26.4 Å². The van der Waals surface area contributed by atoms with Gasteiger partial charge in [0.05, 0.1) is 22.8 Å². The zero-order valence-electron chi connectivity index (χ0n) is 46.4. The average molecular weight is 1100 g/mol. The lowest BCUT2D eigenvalue weighted by atomic mass is 10.0. The molecular formula is C72H62N8O4+4. The maximum Gasteiger partial charge on any atom is 0.182 e. The van der Waals surface area contributed by atoms with Crippen LogP contribution < -0.4 is 37.2 Å². The van der Waals surface area contributed by atoms with E-state index in [4.69, 9.17) is 28.9 Å². The van der Waals surface area contributed by atoms with E-state index < -0.39 is 0 Å². The second-order valence-electron chi connectivity index (χ2n) is 20.4. The topological polar surface area (TPSA) is 110 Å². The molecule has 9 heterocycles. The Labute approximate surface area is 487 Å². The lowest BCUT2D eigenvalue weighted by molar-refractivity contribution is -0.697. The largest absolute Gasteiger partial charge is 0.487 e. The third-order valence-corrected chi connectivity index (χ3v) is 14.9. The van der Waals surface area contributed by atoms with Gasteiger partial charge in [-0.3, -0.25) is 0 Å². The Morgan fingerprint density at radius 3 is 0.690 bits per heavy atom. The van der Waals surface area contributed by atoms with Crippen molar-refractivity contribution in [2.75, 3.05) is 26.4 Å². The number of rotatable bonds is 20. The SMILES string of the molecule is C1=Cc2nc1c(-c1ccc(OCC[n+]3ccccc3)cc1)c1ccc([nH]1)c(-c1ccc(OCC[n+]3ccccc3)cc1)c1nc(c(-c3ccc(OCC[n+]4ccccc4)cc3)c3ccc([nH]3)c2-c2ccc(OCC[n+]3ccccc3)cc2)C=C1. The highest BCUT2D eigenvalue weighted by atomic mass is 16.5. The summed E-state index contributed by atoms with van der Waals surface area (Å²) in [4.78, 5) is 18.9. The number of hydrogen-bond acceptors (Lipinski definition) is 6. The molecule has 2 aliphatic heterocycles. The van der Waals surface area contributed by atoms with Gasteiger partial charge in [0.15, 0.2) is 75.8 Å². The Balaban J connectivity index is 0.952. The van der Waals surface area contributed by atoms with Gasteiger partial charge in [-0.15, -0.1) is 0 Å². The number of nitrogens with zero attached hydrogens (tertiary/aromatic N) is 6. The van der Waals surface area contributed by atoms with Gasteiger partial charge in [-0.2, -0.15) is 0 Å².